The summed E-state index contributed by atoms with van der Waals surface area (Å²) in [7, 11) is 0. The van der Waals surface area contributed by atoms with Crippen LogP contribution in [-0.2, 0) is 11.3 Å². The topological polar surface area (TPSA) is 66.4 Å². The maximum absolute atomic E-state index is 12.2. The van der Waals surface area contributed by atoms with E-state index in [0.29, 0.717) is 16.7 Å². The first-order valence-corrected chi connectivity index (χ1v) is 6.55. The highest BCUT2D eigenvalue weighted by Crippen LogP contribution is 2.25. The summed E-state index contributed by atoms with van der Waals surface area (Å²) in [5, 5.41) is 10.8. The molecule has 2 aromatic rings. The van der Waals surface area contributed by atoms with E-state index in [1.165, 1.54) is 12.1 Å². The van der Waals surface area contributed by atoms with Crippen LogP contribution in [0.5, 0.6) is 0 Å². The Hall–Kier alpha value is -2.83. The van der Waals surface area contributed by atoms with Gasteiger partial charge in [0.2, 0.25) is 0 Å². The Morgan fingerprint density at radius 3 is 2.39 bits per heavy atom. The molecule has 0 fully saturated rings. The lowest BCUT2D eigenvalue weighted by molar-refractivity contribution is -0.173. The van der Waals surface area contributed by atoms with Crippen LogP contribution in [0.3, 0.4) is 0 Å². The average molecular weight is 323 g/mol. The zero-order chi connectivity index (χ0) is 17.0. The van der Waals surface area contributed by atoms with Crippen LogP contribution in [0.25, 0.3) is 11.1 Å². The van der Waals surface area contributed by atoms with Gasteiger partial charge in [-0.15, -0.1) is 0 Å². The molecule has 0 atom stereocenters. The zero-order valence-electron chi connectivity index (χ0n) is 11.7. The highest BCUT2D eigenvalue weighted by molar-refractivity contribution is 5.89. The smallest absolute Gasteiger partial charge is 0.471 e. The van der Waals surface area contributed by atoms with Crippen molar-refractivity contribution in [1.82, 2.24) is 5.32 Å². The molecule has 0 aromatic heterocycles. The molecule has 120 valence electrons. The monoisotopic (exact) mass is 323 g/mol. The van der Waals surface area contributed by atoms with Gasteiger partial charge in [0.05, 0.1) is 5.56 Å². The van der Waals surface area contributed by atoms with E-state index >= 15 is 0 Å². The molecular formula is C16H12F3NO3. The summed E-state index contributed by atoms with van der Waals surface area (Å²) in [6.07, 6.45) is -4.95. The summed E-state index contributed by atoms with van der Waals surface area (Å²) < 4.78 is 36.7. The Kier molecular flexibility index (Phi) is 4.68. The number of nitrogens with one attached hydrogen (secondary N) is 1. The van der Waals surface area contributed by atoms with Crippen LogP contribution < -0.4 is 5.32 Å². The number of aromatic carboxylic acids is 1. The second-order valence-corrected chi connectivity index (χ2v) is 4.72. The van der Waals surface area contributed by atoms with Gasteiger partial charge in [0.25, 0.3) is 0 Å². The van der Waals surface area contributed by atoms with E-state index in [-0.39, 0.29) is 12.1 Å². The predicted octanol–water partition coefficient (Wildman–Crippen LogP) is 3.23. The first-order chi connectivity index (χ1) is 10.8. The quantitative estimate of drug-likeness (QED) is 0.908. The third kappa shape index (κ3) is 4.09. The number of rotatable bonds is 4. The summed E-state index contributed by atoms with van der Waals surface area (Å²) in [6, 6.07) is 12.6. The SMILES string of the molecule is O=C(O)c1cccc(-c2ccccc2CNC(=O)C(F)(F)F)c1. The van der Waals surface area contributed by atoms with Gasteiger partial charge in [-0.3, -0.25) is 4.79 Å². The number of carboxylic acid groups (broad SMARTS) is 1. The van der Waals surface area contributed by atoms with Crippen LogP contribution in [-0.4, -0.2) is 23.2 Å². The number of carbonyl (C=O) groups is 2. The number of carbonyl (C=O) groups excluding carboxylic acids is 1. The summed E-state index contributed by atoms with van der Waals surface area (Å²) in [6.45, 7) is -0.314. The molecule has 0 spiro atoms. The lowest BCUT2D eigenvalue weighted by atomic mass is 9.98. The van der Waals surface area contributed by atoms with E-state index in [0.717, 1.165) is 0 Å². The Balaban J connectivity index is 2.29. The van der Waals surface area contributed by atoms with Crippen molar-refractivity contribution in [2.45, 2.75) is 12.7 Å². The largest absolute Gasteiger partial charge is 0.478 e. The molecule has 0 aliphatic rings. The first kappa shape index (κ1) is 16.5. The van der Waals surface area contributed by atoms with Gasteiger partial charge in [0.1, 0.15) is 0 Å². The van der Waals surface area contributed by atoms with Crippen molar-refractivity contribution < 1.29 is 27.9 Å². The van der Waals surface area contributed by atoms with Gasteiger partial charge in [0.15, 0.2) is 0 Å². The zero-order valence-corrected chi connectivity index (χ0v) is 11.7. The predicted molar refractivity (Wildman–Crippen MR) is 76.7 cm³/mol. The van der Waals surface area contributed by atoms with Gasteiger partial charge in [-0.1, -0.05) is 36.4 Å². The fourth-order valence-electron chi connectivity index (χ4n) is 2.05. The molecule has 0 unspecified atom stereocenters. The van der Waals surface area contributed by atoms with E-state index in [1.807, 2.05) is 0 Å². The van der Waals surface area contributed by atoms with Crippen molar-refractivity contribution in [1.29, 1.82) is 0 Å². The van der Waals surface area contributed by atoms with Gasteiger partial charge >= 0.3 is 18.1 Å². The summed E-state index contributed by atoms with van der Waals surface area (Å²) in [5.74, 6) is -3.12. The van der Waals surface area contributed by atoms with Crippen molar-refractivity contribution in [2.24, 2.45) is 0 Å². The molecule has 0 heterocycles. The molecule has 4 nitrogen and oxygen atoms in total. The molecule has 0 saturated heterocycles. The molecule has 0 aliphatic heterocycles. The highest BCUT2D eigenvalue weighted by Gasteiger charge is 2.38. The molecule has 2 aromatic carbocycles. The third-order valence-electron chi connectivity index (χ3n) is 3.13. The summed E-state index contributed by atoms with van der Waals surface area (Å²) in [5.41, 5.74) is 1.61. The Morgan fingerprint density at radius 1 is 1.04 bits per heavy atom. The molecule has 7 heteroatoms. The second-order valence-electron chi connectivity index (χ2n) is 4.72. The van der Waals surface area contributed by atoms with Crippen LogP contribution in [0, 0.1) is 0 Å². The van der Waals surface area contributed by atoms with Gasteiger partial charge in [-0.2, -0.15) is 13.2 Å². The first-order valence-electron chi connectivity index (χ1n) is 6.55. The number of carboxylic acids is 1. The van der Waals surface area contributed by atoms with Crippen LogP contribution >= 0.6 is 0 Å². The van der Waals surface area contributed by atoms with Gasteiger partial charge in [0, 0.05) is 6.54 Å². The maximum Gasteiger partial charge on any atom is 0.471 e. The molecule has 2 N–H and O–H groups in total. The van der Waals surface area contributed by atoms with E-state index in [4.69, 9.17) is 5.11 Å². The Morgan fingerprint density at radius 2 is 1.74 bits per heavy atom. The van der Waals surface area contributed by atoms with Crippen molar-refractivity contribution in [3.05, 3.63) is 59.7 Å². The Bertz CT molecular complexity index is 741. The van der Waals surface area contributed by atoms with Crippen LogP contribution in [0.1, 0.15) is 15.9 Å². The fraction of sp³-hybridized carbons (Fsp3) is 0.125. The number of amides is 1. The molecule has 23 heavy (non-hydrogen) atoms. The van der Waals surface area contributed by atoms with E-state index in [1.54, 1.807) is 41.7 Å². The standard InChI is InChI=1S/C16H12F3NO3/c17-16(18,19)15(23)20-9-12-4-1-2-7-13(12)10-5-3-6-11(8-10)14(21)22/h1-8H,9H2,(H,20,23)(H,21,22). The molecule has 1 amide bonds. The van der Waals surface area contributed by atoms with Crippen molar-refractivity contribution in [3.8, 4) is 11.1 Å². The number of halogens is 3. The number of hydrogen-bond donors (Lipinski definition) is 2. The van der Waals surface area contributed by atoms with Gasteiger partial charge < -0.3 is 10.4 Å². The van der Waals surface area contributed by atoms with E-state index in [9.17, 15) is 22.8 Å². The van der Waals surface area contributed by atoms with Crippen molar-refractivity contribution in [3.63, 3.8) is 0 Å². The molecule has 0 radical (unpaired) electrons. The average Bonchev–Trinajstić information content (AvgIpc) is 2.52. The second kappa shape index (κ2) is 6.51. The van der Waals surface area contributed by atoms with Crippen LogP contribution in [0.4, 0.5) is 13.2 Å². The van der Waals surface area contributed by atoms with E-state index in [2.05, 4.69) is 0 Å². The molecule has 0 saturated carbocycles. The maximum atomic E-state index is 12.2. The minimum atomic E-state index is -4.95. The minimum Gasteiger partial charge on any atom is -0.478 e. The summed E-state index contributed by atoms with van der Waals surface area (Å²) >= 11 is 0. The normalized spacial score (nSPS) is 11.1. The summed E-state index contributed by atoms with van der Waals surface area (Å²) in [4.78, 5) is 21.9. The Labute approximate surface area is 129 Å². The molecular weight excluding hydrogens is 311 g/mol. The third-order valence-corrected chi connectivity index (χ3v) is 3.13. The van der Waals surface area contributed by atoms with E-state index < -0.39 is 18.1 Å². The van der Waals surface area contributed by atoms with Crippen molar-refractivity contribution >= 4 is 11.9 Å². The number of benzene rings is 2. The fourth-order valence-corrected chi connectivity index (χ4v) is 2.05. The minimum absolute atomic E-state index is 0.0663. The number of alkyl halides is 3. The van der Waals surface area contributed by atoms with Crippen LogP contribution in [0.15, 0.2) is 48.5 Å². The van der Waals surface area contributed by atoms with Gasteiger partial charge in [-0.25, -0.2) is 4.79 Å². The lowest BCUT2D eigenvalue weighted by Gasteiger charge is -2.12. The molecule has 0 bridgehead atoms. The van der Waals surface area contributed by atoms with Gasteiger partial charge in [-0.05, 0) is 28.8 Å². The lowest BCUT2D eigenvalue weighted by Crippen LogP contribution is -2.36. The highest BCUT2D eigenvalue weighted by atomic mass is 19.4. The van der Waals surface area contributed by atoms with Crippen LogP contribution in [0.2, 0.25) is 0 Å². The molecule has 2 rings (SSSR count). The molecule has 0 aliphatic carbocycles. The van der Waals surface area contributed by atoms with Crippen molar-refractivity contribution in [2.75, 3.05) is 0 Å². The number of hydrogen-bond acceptors (Lipinski definition) is 2.